The Hall–Kier alpha value is -1.50. The van der Waals surface area contributed by atoms with Gasteiger partial charge in [0, 0.05) is 18.2 Å². The van der Waals surface area contributed by atoms with Crippen molar-refractivity contribution in [1.82, 2.24) is 14.9 Å². The summed E-state index contributed by atoms with van der Waals surface area (Å²) >= 11 is 1.25. The van der Waals surface area contributed by atoms with Gasteiger partial charge in [0.25, 0.3) is 0 Å². The fraction of sp³-hybridized carbons (Fsp3) is 0.583. The lowest BCUT2D eigenvalue weighted by molar-refractivity contribution is -0.131. The first kappa shape index (κ1) is 15.6. The molecule has 4 N–H and O–H groups in total. The highest BCUT2D eigenvalue weighted by atomic mass is 32.2. The molecule has 0 saturated carbocycles. The third-order valence-corrected chi connectivity index (χ3v) is 3.30. The molecule has 19 heavy (non-hydrogen) atoms. The molecule has 0 aromatic carbocycles. The van der Waals surface area contributed by atoms with Crippen LogP contribution in [0.15, 0.2) is 11.2 Å². The van der Waals surface area contributed by atoms with Crippen LogP contribution in [-0.2, 0) is 4.79 Å². The number of anilines is 2. The number of hydrogen-bond acceptors (Lipinski definition) is 6. The number of hydrogen-bond donors (Lipinski definition) is 2. The number of aromatic nitrogens is 2. The van der Waals surface area contributed by atoms with Crippen LogP contribution in [0.25, 0.3) is 0 Å². The molecule has 106 valence electrons. The van der Waals surface area contributed by atoms with Crippen LogP contribution in [-0.4, -0.2) is 38.6 Å². The molecule has 0 unspecified atom stereocenters. The number of amides is 1. The summed E-state index contributed by atoms with van der Waals surface area (Å²) in [6.07, 6.45) is 0. The fourth-order valence-corrected chi connectivity index (χ4v) is 2.64. The van der Waals surface area contributed by atoms with E-state index >= 15 is 0 Å². The molecule has 7 heteroatoms. The van der Waals surface area contributed by atoms with Crippen LogP contribution in [0.4, 0.5) is 11.6 Å². The Labute approximate surface area is 118 Å². The molecule has 0 aliphatic heterocycles. The van der Waals surface area contributed by atoms with Gasteiger partial charge in [0.1, 0.15) is 11.6 Å². The minimum absolute atomic E-state index is 0.0552. The normalized spacial score (nSPS) is 11.1. The highest BCUT2D eigenvalue weighted by Crippen LogP contribution is 2.18. The maximum Gasteiger partial charge on any atom is 0.233 e. The number of rotatable bonds is 5. The molecular formula is C12H21N5OS. The Morgan fingerprint density at radius 1 is 1.21 bits per heavy atom. The van der Waals surface area contributed by atoms with Crippen molar-refractivity contribution in [2.24, 2.45) is 0 Å². The van der Waals surface area contributed by atoms with Gasteiger partial charge in [-0.15, -0.1) is 0 Å². The first-order valence-corrected chi connectivity index (χ1v) is 7.13. The maximum atomic E-state index is 12.2. The monoisotopic (exact) mass is 283 g/mol. The minimum atomic E-state index is 0.0552. The third kappa shape index (κ3) is 4.59. The predicted octanol–water partition coefficient (Wildman–Crippen LogP) is 1.38. The van der Waals surface area contributed by atoms with E-state index in [0.29, 0.717) is 16.8 Å². The molecule has 1 rings (SSSR count). The molecule has 0 aliphatic rings. The molecule has 1 amide bonds. The Kier molecular flexibility index (Phi) is 5.41. The van der Waals surface area contributed by atoms with E-state index in [1.54, 1.807) is 0 Å². The van der Waals surface area contributed by atoms with Crippen molar-refractivity contribution in [3.8, 4) is 0 Å². The van der Waals surface area contributed by atoms with E-state index in [4.69, 9.17) is 11.5 Å². The van der Waals surface area contributed by atoms with Crippen molar-refractivity contribution >= 4 is 29.3 Å². The molecule has 0 spiro atoms. The summed E-state index contributed by atoms with van der Waals surface area (Å²) in [4.78, 5) is 22.1. The van der Waals surface area contributed by atoms with Crippen LogP contribution in [0.5, 0.6) is 0 Å². The lowest BCUT2D eigenvalue weighted by atomic mass is 10.2. The van der Waals surface area contributed by atoms with E-state index in [9.17, 15) is 4.79 Å². The second-order valence-electron chi connectivity index (χ2n) is 4.78. The minimum Gasteiger partial charge on any atom is -0.383 e. The summed E-state index contributed by atoms with van der Waals surface area (Å²) in [5.41, 5.74) is 11.2. The molecule has 0 fully saturated rings. The average molecular weight is 283 g/mol. The van der Waals surface area contributed by atoms with Crippen molar-refractivity contribution < 1.29 is 4.79 Å². The topological polar surface area (TPSA) is 98.1 Å². The van der Waals surface area contributed by atoms with Gasteiger partial charge in [-0.25, -0.2) is 9.97 Å². The Morgan fingerprint density at radius 3 is 2.11 bits per heavy atom. The van der Waals surface area contributed by atoms with Gasteiger partial charge < -0.3 is 16.4 Å². The van der Waals surface area contributed by atoms with Gasteiger partial charge in [0.05, 0.1) is 5.75 Å². The zero-order valence-electron chi connectivity index (χ0n) is 11.8. The van der Waals surface area contributed by atoms with Crippen molar-refractivity contribution in [1.29, 1.82) is 0 Å². The quantitative estimate of drug-likeness (QED) is 0.625. The summed E-state index contributed by atoms with van der Waals surface area (Å²) in [5, 5.41) is 0.429. The second kappa shape index (κ2) is 6.60. The van der Waals surface area contributed by atoms with Crippen LogP contribution in [0.1, 0.15) is 27.7 Å². The SMILES string of the molecule is CC(C)N(C(=O)CSc1nc(N)cc(N)n1)C(C)C. The Morgan fingerprint density at radius 2 is 1.68 bits per heavy atom. The number of carbonyl (C=O) groups is 1. The molecule has 0 saturated heterocycles. The van der Waals surface area contributed by atoms with Crippen LogP contribution in [0, 0.1) is 0 Å². The molecule has 1 heterocycles. The molecule has 0 aliphatic carbocycles. The molecule has 1 aromatic heterocycles. The lowest BCUT2D eigenvalue weighted by Crippen LogP contribution is -2.43. The van der Waals surface area contributed by atoms with E-state index < -0.39 is 0 Å². The molecular weight excluding hydrogens is 262 g/mol. The number of nitrogen functional groups attached to an aromatic ring is 2. The van der Waals surface area contributed by atoms with Crippen molar-refractivity contribution in [3.05, 3.63) is 6.07 Å². The molecule has 6 nitrogen and oxygen atoms in total. The van der Waals surface area contributed by atoms with Crippen molar-refractivity contribution in [3.63, 3.8) is 0 Å². The highest BCUT2D eigenvalue weighted by molar-refractivity contribution is 7.99. The summed E-state index contributed by atoms with van der Waals surface area (Å²) in [6.45, 7) is 7.99. The van der Waals surface area contributed by atoms with Crippen molar-refractivity contribution in [2.45, 2.75) is 44.9 Å². The second-order valence-corrected chi connectivity index (χ2v) is 5.72. The summed E-state index contributed by atoms with van der Waals surface area (Å²) < 4.78 is 0. The van der Waals surface area contributed by atoms with Crippen LogP contribution in [0.3, 0.4) is 0 Å². The summed E-state index contributed by atoms with van der Waals surface area (Å²) in [5.74, 6) is 0.956. The first-order chi connectivity index (χ1) is 8.81. The number of nitrogens with zero attached hydrogens (tertiary/aromatic N) is 3. The van der Waals surface area contributed by atoms with Gasteiger partial charge in [-0.2, -0.15) is 0 Å². The number of nitrogens with two attached hydrogens (primary N) is 2. The lowest BCUT2D eigenvalue weighted by Gasteiger charge is -2.30. The predicted molar refractivity (Wildman–Crippen MR) is 78.7 cm³/mol. The number of thioether (sulfide) groups is 1. The van der Waals surface area contributed by atoms with E-state index in [1.165, 1.54) is 17.8 Å². The van der Waals surface area contributed by atoms with Gasteiger partial charge in [-0.1, -0.05) is 11.8 Å². The molecule has 1 aromatic rings. The molecule has 0 radical (unpaired) electrons. The third-order valence-electron chi connectivity index (χ3n) is 2.47. The van der Waals surface area contributed by atoms with Gasteiger partial charge in [-0.05, 0) is 27.7 Å². The smallest absolute Gasteiger partial charge is 0.233 e. The van der Waals surface area contributed by atoms with Gasteiger partial charge >= 0.3 is 0 Å². The first-order valence-electron chi connectivity index (χ1n) is 6.15. The van der Waals surface area contributed by atoms with Gasteiger partial charge in [0.2, 0.25) is 5.91 Å². The van der Waals surface area contributed by atoms with Gasteiger partial charge in [-0.3, -0.25) is 4.79 Å². The summed E-state index contributed by atoms with van der Waals surface area (Å²) in [6, 6.07) is 1.82. The van der Waals surface area contributed by atoms with E-state index in [2.05, 4.69) is 9.97 Å². The van der Waals surface area contributed by atoms with Crippen LogP contribution >= 0.6 is 11.8 Å². The van der Waals surface area contributed by atoms with Crippen LogP contribution < -0.4 is 11.5 Å². The summed E-state index contributed by atoms with van der Waals surface area (Å²) in [7, 11) is 0. The van der Waals surface area contributed by atoms with E-state index in [-0.39, 0.29) is 23.7 Å². The Bertz CT molecular complexity index is 421. The standard InChI is InChI=1S/C12H21N5OS/c1-7(2)17(8(3)4)11(18)6-19-12-15-9(13)5-10(14)16-12/h5,7-8H,6H2,1-4H3,(H4,13,14,15,16). The van der Waals surface area contributed by atoms with Crippen molar-refractivity contribution in [2.75, 3.05) is 17.2 Å². The van der Waals surface area contributed by atoms with E-state index in [1.807, 2.05) is 32.6 Å². The Balaban J connectivity index is 2.67. The average Bonchev–Trinajstić information content (AvgIpc) is 2.23. The molecule has 0 atom stereocenters. The zero-order valence-corrected chi connectivity index (χ0v) is 12.6. The van der Waals surface area contributed by atoms with Gasteiger partial charge in [0.15, 0.2) is 5.16 Å². The fourth-order valence-electron chi connectivity index (χ4n) is 1.90. The number of carbonyl (C=O) groups excluding carboxylic acids is 1. The maximum absolute atomic E-state index is 12.2. The van der Waals surface area contributed by atoms with E-state index in [0.717, 1.165) is 0 Å². The zero-order chi connectivity index (χ0) is 14.6. The molecule has 0 bridgehead atoms. The van der Waals surface area contributed by atoms with Crippen LogP contribution in [0.2, 0.25) is 0 Å². The highest BCUT2D eigenvalue weighted by Gasteiger charge is 2.20. The largest absolute Gasteiger partial charge is 0.383 e.